The molecule has 186 valence electrons. The number of ether oxygens (including phenoxy) is 3. The summed E-state index contributed by atoms with van der Waals surface area (Å²) in [4.78, 5) is 28.4. The number of carbonyl (C=O) groups excluding carboxylic acids is 2. The van der Waals surface area contributed by atoms with E-state index in [9.17, 15) is 20.0 Å². The number of methoxy groups -OCH3 is 1. The lowest BCUT2D eigenvalue weighted by Gasteiger charge is -2.38. The molecule has 0 saturated carbocycles. The fourth-order valence-corrected chi connectivity index (χ4v) is 4.25. The third kappa shape index (κ3) is 5.16. The summed E-state index contributed by atoms with van der Waals surface area (Å²) in [5.41, 5.74) is 3.01. The molecule has 9 nitrogen and oxygen atoms in total. The molecule has 2 aromatic carbocycles. The highest BCUT2D eigenvalue weighted by atomic mass is 16.8. The van der Waals surface area contributed by atoms with Crippen molar-refractivity contribution in [2.24, 2.45) is 0 Å². The Morgan fingerprint density at radius 3 is 1.80 bits per heavy atom. The molecule has 9 heteroatoms. The molecule has 0 saturated heterocycles. The van der Waals surface area contributed by atoms with Crippen LogP contribution >= 0.6 is 0 Å². The smallest absolute Gasteiger partial charge is 0.336 e. The Balaban J connectivity index is 2.28. The highest BCUT2D eigenvalue weighted by molar-refractivity contribution is 6.01. The SMILES string of the molecule is CCOC(=O)C1=C(C)N(c2ccc(OC)cc2)C(C)=C(C(=O)OCC)C1c1ccc(N([O-])O)cc1. The first kappa shape index (κ1) is 25.8. The number of allylic oxidation sites excluding steroid dienone is 2. The molecule has 0 fully saturated rings. The minimum atomic E-state index is -0.810. The van der Waals surface area contributed by atoms with Crippen molar-refractivity contribution < 1.29 is 29.0 Å². The minimum Gasteiger partial charge on any atom is -0.733 e. The lowest BCUT2D eigenvalue weighted by Crippen LogP contribution is -2.35. The van der Waals surface area contributed by atoms with Gasteiger partial charge >= 0.3 is 11.9 Å². The highest BCUT2D eigenvalue weighted by Gasteiger charge is 2.41. The summed E-state index contributed by atoms with van der Waals surface area (Å²) in [5.74, 6) is -1.28. The van der Waals surface area contributed by atoms with Gasteiger partial charge in [-0.05, 0) is 69.7 Å². The number of hydrogen-bond acceptors (Lipinski definition) is 9. The molecule has 1 N–H and O–H groups in total. The third-order valence-electron chi connectivity index (χ3n) is 5.80. The van der Waals surface area contributed by atoms with Gasteiger partial charge in [-0.2, -0.15) is 0 Å². The van der Waals surface area contributed by atoms with Crippen molar-refractivity contribution in [1.82, 2.24) is 0 Å². The van der Waals surface area contributed by atoms with Crippen LogP contribution in [0.5, 0.6) is 5.75 Å². The molecule has 1 aliphatic rings. The van der Waals surface area contributed by atoms with Gasteiger partial charge in [0.2, 0.25) is 0 Å². The lowest BCUT2D eigenvalue weighted by atomic mass is 9.79. The zero-order valence-corrected chi connectivity index (χ0v) is 20.4. The molecule has 0 aliphatic carbocycles. The molecule has 0 bridgehead atoms. The van der Waals surface area contributed by atoms with Gasteiger partial charge in [0.15, 0.2) is 0 Å². The summed E-state index contributed by atoms with van der Waals surface area (Å²) in [5, 5.41) is 20.3. The van der Waals surface area contributed by atoms with Crippen LogP contribution in [-0.2, 0) is 19.1 Å². The monoisotopic (exact) mass is 481 g/mol. The predicted molar refractivity (Wildman–Crippen MR) is 131 cm³/mol. The molecule has 0 radical (unpaired) electrons. The van der Waals surface area contributed by atoms with Gasteiger partial charge in [0, 0.05) is 17.1 Å². The van der Waals surface area contributed by atoms with E-state index in [2.05, 4.69) is 0 Å². The fourth-order valence-electron chi connectivity index (χ4n) is 4.25. The first-order valence-electron chi connectivity index (χ1n) is 11.2. The van der Waals surface area contributed by atoms with E-state index in [-0.39, 0.29) is 35.3 Å². The number of benzene rings is 2. The van der Waals surface area contributed by atoms with E-state index >= 15 is 0 Å². The number of esters is 2. The zero-order chi connectivity index (χ0) is 25.7. The number of rotatable bonds is 8. The first-order chi connectivity index (χ1) is 16.7. The molecule has 3 rings (SSSR count). The van der Waals surface area contributed by atoms with E-state index in [1.165, 1.54) is 12.1 Å². The highest BCUT2D eigenvalue weighted by Crippen LogP contribution is 2.45. The average molecular weight is 482 g/mol. The molecule has 35 heavy (non-hydrogen) atoms. The summed E-state index contributed by atoms with van der Waals surface area (Å²) in [6.45, 7) is 7.29. The number of carbonyl (C=O) groups is 2. The maximum absolute atomic E-state index is 13.3. The van der Waals surface area contributed by atoms with Crippen molar-refractivity contribution in [1.29, 1.82) is 0 Å². The maximum Gasteiger partial charge on any atom is 0.336 e. The van der Waals surface area contributed by atoms with Gasteiger partial charge in [0.05, 0.1) is 43.1 Å². The summed E-state index contributed by atoms with van der Waals surface area (Å²) in [6.07, 6.45) is 0. The van der Waals surface area contributed by atoms with Gasteiger partial charge in [-0.15, -0.1) is 0 Å². The van der Waals surface area contributed by atoms with Crippen molar-refractivity contribution in [2.45, 2.75) is 33.6 Å². The Kier molecular flexibility index (Phi) is 8.16. The molecule has 2 aromatic rings. The quantitative estimate of drug-likeness (QED) is 0.425. The van der Waals surface area contributed by atoms with Gasteiger partial charge in [0.1, 0.15) is 5.75 Å². The Bertz CT molecular complexity index is 1090. The maximum atomic E-state index is 13.3. The zero-order valence-electron chi connectivity index (χ0n) is 20.4. The van der Waals surface area contributed by atoms with Gasteiger partial charge in [-0.25, -0.2) is 9.59 Å². The van der Waals surface area contributed by atoms with Crippen LogP contribution in [0.2, 0.25) is 0 Å². The van der Waals surface area contributed by atoms with E-state index in [0.29, 0.717) is 22.7 Å². The van der Waals surface area contributed by atoms with Crippen molar-refractivity contribution in [3.63, 3.8) is 0 Å². The number of anilines is 2. The van der Waals surface area contributed by atoms with Crippen LogP contribution in [0.3, 0.4) is 0 Å². The lowest BCUT2D eigenvalue weighted by molar-refractivity contribution is -0.139. The Hall–Kier alpha value is -3.82. The molecule has 0 spiro atoms. The summed E-state index contributed by atoms with van der Waals surface area (Å²) < 4.78 is 16.0. The molecule has 0 unspecified atom stereocenters. The van der Waals surface area contributed by atoms with E-state index in [1.807, 2.05) is 17.0 Å². The number of hydrogen-bond donors (Lipinski definition) is 1. The summed E-state index contributed by atoms with van der Waals surface area (Å²) in [6, 6.07) is 13.2. The van der Waals surface area contributed by atoms with E-state index in [1.54, 1.807) is 59.1 Å². The topological polar surface area (TPSA) is 112 Å². The van der Waals surface area contributed by atoms with Crippen LogP contribution in [0.25, 0.3) is 0 Å². The predicted octanol–water partition coefficient (Wildman–Crippen LogP) is 4.67. The van der Waals surface area contributed by atoms with Crippen LogP contribution in [0.15, 0.2) is 71.1 Å². The second-order valence-corrected chi connectivity index (χ2v) is 7.77. The molecule has 0 amide bonds. The first-order valence-corrected chi connectivity index (χ1v) is 11.2. The third-order valence-corrected chi connectivity index (χ3v) is 5.80. The molecule has 1 heterocycles. The minimum absolute atomic E-state index is 0.0150. The van der Waals surface area contributed by atoms with Crippen LogP contribution < -0.4 is 14.9 Å². The molecule has 1 aliphatic heterocycles. The van der Waals surface area contributed by atoms with Crippen LogP contribution in [0, 0.1) is 5.21 Å². The Labute approximate surface area is 204 Å². The van der Waals surface area contributed by atoms with Crippen LogP contribution in [0.4, 0.5) is 11.4 Å². The van der Waals surface area contributed by atoms with E-state index < -0.39 is 17.9 Å². The van der Waals surface area contributed by atoms with Crippen LogP contribution in [-0.4, -0.2) is 37.5 Å². The van der Waals surface area contributed by atoms with Crippen molar-refractivity contribution in [2.75, 3.05) is 30.4 Å². The van der Waals surface area contributed by atoms with Gasteiger partial charge in [-0.1, -0.05) is 12.1 Å². The fraction of sp³-hybridized carbons (Fsp3) is 0.308. The average Bonchev–Trinajstić information content (AvgIpc) is 2.84. The standard InChI is InChI=1S/C26H29N2O7/c1-6-34-25(29)22-16(3)27(19-12-14-21(33-5)15-13-19)17(4)23(26(30)35-7-2)24(22)18-8-10-20(11-9-18)28(31)32/h8-15,24,31H,6-7H2,1-5H3/q-1. The van der Waals surface area contributed by atoms with Gasteiger partial charge < -0.3 is 29.5 Å². The summed E-state index contributed by atoms with van der Waals surface area (Å²) in [7, 11) is 1.57. The summed E-state index contributed by atoms with van der Waals surface area (Å²) >= 11 is 0. The molecular weight excluding hydrogens is 452 g/mol. The molecule has 0 aromatic heterocycles. The second kappa shape index (κ2) is 11.1. The second-order valence-electron chi connectivity index (χ2n) is 7.77. The van der Waals surface area contributed by atoms with Gasteiger partial charge in [0.25, 0.3) is 0 Å². The van der Waals surface area contributed by atoms with Crippen molar-refractivity contribution in [3.8, 4) is 5.75 Å². The largest absolute Gasteiger partial charge is 0.733 e. The molecular formula is C26H29N2O7-. The van der Waals surface area contributed by atoms with Gasteiger partial charge in [-0.3, -0.25) is 5.21 Å². The van der Waals surface area contributed by atoms with E-state index in [4.69, 9.17) is 14.2 Å². The Morgan fingerprint density at radius 2 is 1.40 bits per heavy atom. The van der Waals surface area contributed by atoms with Crippen LogP contribution in [0.1, 0.15) is 39.2 Å². The molecule has 0 atom stereocenters. The van der Waals surface area contributed by atoms with Crippen molar-refractivity contribution in [3.05, 3.63) is 81.8 Å². The van der Waals surface area contributed by atoms with Crippen molar-refractivity contribution >= 4 is 23.3 Å². The Morgan fingerprint density at radius 1 is 0.914 bits per heavy atom. The van der Waals surface area contributed by atoms with E-state index in [0.717, 1.165) is 5.69 Å². The number of nitrogens with zero attached hydrogens (tertiary/aromatic N) is 2. The normalized spacial score (nSPS) is 14.2.